The smallest absolute Gasteiger partial charge is 0.414 e. The van der Waals surface area contributed by atoms with Crippen molar-refractivity contribution in [2.24, 2.45) is 0 Å². The highest BCUT2D eigenvalue weighted by atomic mass is 19.1. The molecule has 11 heteroatoms. The third kappa shape index (κ3) is 4.28. The molecule has 4 rings (SSSR count). The summed E-state index contributed by atoms with van der Waals surface area (Å²) < 4.78 is 26.1. The lowest BCUT2D eigenvalue weighted by Gasteiger charge is -2.38. The predicted molar refractivity (Wildman–Crippen MR) is 107 cm³/mol. The zero-order valence-electron chi connectivity index (χ0n) is 17.1. The fraction of sp³-hybridized carbons (Fsp3) is 0.550. The molecule has 1 aromatic carbocycles. The van der Waals surface area contributed by atoms with Crippen molar-refractivity contribution >= 4 is 29.3 Å². The molecule has 10 nitrogen and oxygen atoms in total. The molecule has 31 heavy (non-hydrogen) atoms. The van der Waals surface area contributed by atoms with Gasteiger partial charge in [0.1, 0.15) is 18.5 Å². The van der Waals surface area contributed by atoms with Crippen LogP contribution >= 0.6 is 0 Å². The van der Waals surface area contributed by atoms with Crippen molar-refractivity contribution in [3.8, 4) is 0 Å². The van der Waals surface area contributed by atoms with Gasteiger partial charge < -0.3 is 29.7 Å². The molecular formula is C20H25FN4O6. The molecule has 0 aromatic heterocycles. The summed E-state index contributed by atoms with van der Waals surface area (Å²) >= 11 is 0. The first-order chi connectivity index (χ1) is 14.9. The number of hydrogen-bond acceptors (Lipinski definition) is 7. The zero-order chi connectivity index (χ0) is 22.1. The zero-order valence-corrected chi connectivity index (χ0v) is 17.1. The minimum absolute atomic E-state index is 0.193. The van der Waals surface area contributed by atoms with Gasteiger partial charge in [-0.3, -0.25) is 14.5 Å². The van der Waals surface area contributed by atoms with Crippen molar-refractivity contribution < 1.29 is 33.4 Å². The van der Waals surface area contributed by atoms with Crippen LogP contribution in [0.4, 0.5) is 20.6 Å². The Morgan fingerprint density at radius 3 is 2.81 bits per heavy atom. The minimum atomic E-state index is -0.595. The molecule has 0 bridgehead atoms. The van der Waals surface area contributed by atoms with Gasteiger partial charge in [0.25, 0.3) is 0 Å². The summed E-state index contributed by atoms with van der Waals surface area (Å²) in [6.45, 7) is 2.76. The van der Waals surface area contributed by atoms with Crippen molar-refractivity contribution in [2.75, 3.05) is 55.7 Å². The fourth-order valence-electron chi connectivity index (χ4n) is 4.28. The Balaban J connectivity index is 1.48. The molecule has 1 aromatic rings. The van der Waals surface area contributed by atoms with E-state index in [2.05, 4.69) is 5.32 Å². The van der Waals surface area contributed by atoms with Gasteiger partial charge in [0.2, 0.25) is 11.8 Å². The number of amides is 3. The Hall–Kier alpha value is -2.92. The average molecular weight is 436 g/mol. The molecule has 3 aliphatic rings. The number of hydrogen-bond donors (Lipinski definition) is 2. The van der Waals surface area contributed by atoms with Crippen molar-refractivity contribution in [1.29, 1.82) is 0 Å². The number of fused-ring (bicyclic) bond motifs is 1. The molecule has 0 aliphatic carbocycles. The van der Waals surface area contributed by atoms with Crippen LogP contribution in [-0.2, 0) is 19.1 Å². The van der Waals surface area contributed by atoms with Gasteiger partial charge in [0, 0.05) is 26.6 Å². The minimum Gasteiger partial charge on any atom is -0.442 e. The standard InChI is InChI=1S/C20H25FN4O6/c1-12(27)22-7-14-8-25(20(29)31-14)13-2-3-16(15(21)6-13)24-4-5-30-18-10-23(9-17(18)24)19(28)11-26/h2-3,6,14,17-18,26H,4-5,7-11H2,1H3,(H,22,27). The van der Waals surface area contributed by atoms with E-state index in [1.807, 2.05) is 4.90 Å². The molecule has 3 fully saturated rings. The number of carbonyl (C=O) groups excluding carboxylic acids is 3. The number of carbonyl (C=O) groups is 3. The first-order valence-electron chi connectivity index (χ1n) is 10.2. The van der Waals surface area contributed by atoms with Gasteiger partial charge in [-0.25, -0.2) is 9.18 Å². The second kappa shape index (κ2) is 8.67. The van der Waals surface area contributed by atoms with Crippen molar-refractivity contribution in [1.82, 2.24) is 10.2 Å². The summed E-state index contributed by atoms with van der Waals surface area (Å²) in [4.78, 5) is 39.8. The number of aliphatic hydroxyl groups is 1. The first kappa shape index (κ1) is 21.3. The molecule has 3 amide bonds. The highest BCUT2D eigenvalue weighted by Crippen LogP contribution is 2.33. The summed E-state index contributed by atoms with van der Waals surface area (Å²) in [5.74, 6) is -1.10. The molecule has 0 spiro atoms. The van der Waals surface area contributed by atoms with Gasteiger partial charge in [0.05, 0.1) is 43.2 Å². The maximum absolute atomic E-state index is 15.1. The second-order valence-corrected chi connectivity index (χ2v) is 7.82. The summed E-state index contributed by atoms with van der Waals surface area (Å²) in [5, 5.41) is 11.7. The maximum Gasteiger partial charge on any atom is 0.414 e. The monoisotopic (exact) mass is 436 g/mol. The van der Waals surface area contributed by atoms with Gasteiger partial charge in [-0.1, -0.05) is 0 Å². The van der Waals surface area contributed by atoms with E-state index >= 15 is 4.39 Å². The molecule has 3 aliphatic heterocycles. The van der Waals surface area contributed by atoms with Gasteiger partial charge >= 0.3 is 6.09 Å². The van der Waals surface area contributed by atoms with Gasteiger partial charge in [-0.05, 0) is 18.2 Å². The lowest BCUT2D eigenvalue weighted by atomic mass is 10.1. The number of halogens is 1. The van der Waals surface area contributed by atoms with Crippen LogP contribution in [0.3, 0.4) is 0 Å². The number of nitrogens with one attached hydrogen (secondary N) is 1. The van der Waals surface area contributed by atoms with Crippen LogP contribution in [0.25, 0.3) is 0 Å². The van der Waals surface area contributed by atoms with E-state index in [9.17, 15) is 14.4 Å². The maximum atomic E-state index is 15.1. The number of rotatable bonds is 5. The van der Waals surface area contributed by atoms with Gasteiger partial charge in [-0.15, -0.1) is 0 Å². The van der Waals surface area contributed by atoms with Crippen molar-refractivity contribution in [2.45, 2.75) is 25.2 Å². The number of anilines is 2. The molecule has 3 atom stereocenters. The molecule has 2 N–H and O–H groups in total. The normalized spacial score (nSPS) is 25.5. The number of morpholine rings is 1. The van der Waals surface area contributed by atoms with Crippen LogP contribution < -0.4 is 15.1 Å². The SMILES string of the molecule is CC(=O)NCC1CN(c2ccc(N3CCOC4CN(C(=O)CO)CC43)c(F)c2)C(=O)O1. The number of benzene rings is 1. The number of nitrogens with zero attached hydrogens (tertiary/aromatic N) is 3. The van der Waals surface area contributed by atoms with E-state index in [0.717, 1.165) is 0 Å². The molecule has 3 unspecified atom stereocenters. The lowest BCUT2D eigenvalue weighted by molar-refractivity contribution is -0.133. The molecule has 3 heterocycles. The summed E-state index contributed by atoms with van der Waals surface area (Å²) in [6.07, 6.45) is -1.36. The summed E-state index contributed by atoms with van der Waals surface area (Å²) in [7, 11) is 0. The van der Waals surface area contributed by atoms with Crippen LogP contribution in [0.2, 0.25) is 0 Å². The van der Waals surface area contributed by atoms with Crippen LogP contribution in [0.1, 0.15) is 6.92 Å². The summed E-state index contributed by atoms with van der Waals surface area (Å²) in [5.41, 5.74) is 0.729. The topological polar surface area (TPSA) is 112 Å². The molecule has 3 saturated heterocycles. The Morgan fingerprint density at radius 1 is 1.29 bits per heavy atom. The number of ether oxygens (including phenoxy) is 2. The predicted octanol–water partition coefficient (Wildman–Crippen LogP) is -0.305. The van der Waals surface area contributed by atoms with Crippen LogP contribution in [0, 0.1) is 5.82 Å². The van der Waals surface area contributed by atoms with E-state index in [1.165, 1.54) is 22.8 Å². The Morgan fingerprint density at radius 2 is 2.10 bits per heavy atom. The van der Waals surface area contributed by atoms with Gasteiger partial charge in [-0.2, -0.15) is 0 Å². The molecule has 168 valence electrons. The van der Waals surface area contributed by atoms with E-state index in [4.69, 9.17) is 14.6 Å². The van der Waals surface area contributed by atoms with E-state index < -0.39 is 24.6 Å². The van der Waals surface area contributed by atoms with Crippen molar-refractivity contribution in [3.05, 3.63) is 24.0 Å². The Bertz CT molecular complexity index is 883. The average Bonchev–Trinajstić information content (AvgIpc) is 3.35. The summed E-state index contributed by atoms with van der Waals surface area (Å²) in [6, 6.07) is 4.32. The van der Waals surface area contributed by atoms with E-state index in [-0.39, 0.29) is 37.0 Å². The highest BCUT2D eigenvalue weighted by molar-refractivity contribution is 5.90. The third-order valence-corrected chi connectivity index (χ3v) is 5.79. The van der Waals surface area contributed by atoms with Crippen molar-refractivity contribution in [3.63, 3.8) is 0 Å². The first-order valence-corrected chi connectivity index (χ1v) is 10.2. The molecule has 0 saturated carbocycles. The van der Waals surface area contributed by atoms with Gasteiger partial charge in [0.15, 0.2) is 0 Å². The quantitative estimate of drug-likeness (QED) is 0.652. The third-order valence-electron chi connectivity index (χ3n) is 5.79. The van der Waals surface area contributed by atoms with E-state index in [1.54, 1.807) is 12.1 Å². The second-order valence-electron chi connectivity index (χ2n) is 7.82. The van der Waals surface area contributed by atoms with Crippen LogP contribution in [-0.4, -0.2) is 92.1 Å². The molecule has 0 radical (unpaired) electrons. The van der Waals surface area contributed by atoms with Crippen LogP contribution in [0.15, 0.2) is 18.2 Å². The highest BCUT2D eigenvalue weighted by Gasteiger charge is 2.42. The van der Waals surface area contributed by atoms with Crippen LogP contribution in [0.5, 0.6) is 0 Å². The lowest BCUT2D eigenvalue weighted by Crippen LogP contribution is -2.51. The Labute approximate surface area is 178 Å². The fourth-order valence-corrected chi connectivity index (χ4v) is 4.28. The van der Waals surface area contributed by atoms with E-state index in [0.29, 0.717) is 37.6 Å². The number of likely N-dealkylation sites (tertiary alicyclic amines) is 1. The number of cyclic esters (lactones) is 1. The largest absolute Gasteiger partial charge is 0.442 e. The number of aliphatic hydroxyl groups excluding tert-OH is 1. The molecular weight excluding hydrogens is 411 g/mol. The Kier molecular flexibility index (Phi) is 5.96.